The third-order valence-electron chi connectivity index (χ3n) is 5.55. The lowest BCUT2D eigenvalue weighted by Crippen LogP contribution is -2.46. The zero-order chi connectivity index (χ0) is 23.7. The van der Waals surface area contributed by atoms with E-state index in [1.165, 1.54) is 23.2 Å². The number of fused-ring (bicyclic) bond motifs is 1. The van der Waals surface area contributed by atoms with Crippen molar-refractivity contribution in [2.45, 2.75) is 25.6 Å². The van der Waals surface area contributed by atoms with Crippen molar-refractivity contribution in [1.29, 1.82) is 0 Å². The van der Waals surface area contributed by atoms with Crippen LogP contribution in [0.5, 0.6) is 5.75 Å². The molecule has 170 valence electrons. The summed E-state index contributed by atoms with van der Waals surface area (Å²) in [4.78, 5) is 35.5. The lowest BCUT2D eigenvalue weighted by atomic mass is 10.0. The van der Waals surface area contributed by atoms with Gasteiger partial charge in [0, 0.05) is 17.7 Å². The molecule has 1 aliphatic heterocycles. The third kappa shape index (κ3) is 4.64. The number of aliphatic hydroxyl groups excluding tert-OH is 1. The number of hydrogen-bond acceptors (Lipinski definition) is 6. The Bertz CT molecular complexity index is 1240. The zero-order valence-corrected chi connectivity index (χ0v) is 19.0. The number of amides is 2. The van der Waals surface area contributed by atoms with Crippen LogP contribution in [-0.2, 0) is 11.3 Å². The highest BCUT2D eigenvalue weighted by Gasteiger charge is 2.35. The summed E-state index contributed by atoms with van der Waals surface area (Å²) in [6.07, 6.45) is 1.39. The number of carbonyl (C=O) groups excluding carboxylic acids is 2. The molecule has 2 atom stereocenters. The number of aromatic nitrogens is 2. The molecule has 2 amide bonds. The second-order valence-corrected chi connectivity index (χ2v) is 8.40. The van der Waals surface area contributed by atoms with E-state index in [1.54, 1.807) is 37.3 Å². The summed E-state index contributed by atoms with van der Waals surface area (Å²) in [5.74, 6) is -0.702. The van der Waals surface area contributed by atoms with E-state index in [4.69, 9.17) is 23.2 Å². The van der Waals surface area contributed by atoms with Crippen LogP contribution in [0, 0.1) is 0 Å². The Morgan fingerprint density at radius 2 is 2.03 bits per heavy atom. The number of rotatable bonds is 6. The molecule has 33 heavy (non-hydrogen) atoms. The van der Waals surface area contributed by atoms with Crippen LogP contribution in [0.3, 0.4) is 0 Å². The fourth-order valence-corrected chi connectivity index (χ4v) is 4.07. The molecular weight excluding hydrogens is 467 g/mol. The van der Waals surface area contributed by atoms with Crippen molar-refractivity contribution in [2.24, 2.45) is 0 Å². The van der Waals surface area contributed by atoms with Crippen LogP contribution in [0.15, 0.2) is 48.7 Å². The summed E-state index contributed by atoms with van der Waals surface area (Å²) in [6.45, 7) is 1.52. The highest BCUT2D eigenvalue weighted by molar-refractivity contribution is 6.33. The Labute approximate surface area is 199 Å². The molecule has 10 heteroatoms. The molecule has 0 saturated heterocycles. The van der Waals surface area contributed by atoms with Crippen molar-refractivity contribution in [1.82, 2.24) is 20.2 Å². The molecule has 0 radical (unpaired) electrons. The summed E-state index contributed by atoms with van der Waals surface area (Å²) in [7, 11) is 0. The van der Waals surface area contributed by atoms with Gasteiger partial charge in [0.2, 0.25) is 11.2 Å². The first-order valence-electron chi connectivity index (χ1n) is 10.1. The molecule has 2 heterocycles. The van der Waals surface area contributed by atoms with Crippen molar-refractivity contribution in [3.05, 3.63) is 75.7 Å². The van der Waals surface area contributed by atoms with Crippen molar-refractivity contribution >= 4 is 35.0 Å². The number of phenols is 1. The van der Waals surface area contributed by atoms with Crippen LogP contribution in [0.25, 0.3) is 11.3 Å². The number of hydrogen-bond donors (Lipinski definition) is 3. The highest BCUT2D eigenvalue weighted by Crippen LogP contribution is 2.32. The van der Waals surface area contributed by atoms with Gasteiger partial charge in [0.1, 0.15) is 11.8 Å². The van der Waals surface area contributed by atoms with E-state index in [9.17, 15) is 19.8 Å². The van der Waals surface area contributed by atoms with E-state index >= 15 is 0 Å². The first-order chi connectivity index (χ1) is 15.8. The maximum absolute atomic E-state index is 13.1. The molecule has 0 fully saturated rings. The highest BCUT2D eigenvalue weighted by atomic mass is 35.5. The van der Waals surface area contributed by atoms with Crippen LogP contribution in [0.1, 0.15) is 34.5 Å². The van der Waals surface area contributed by atoms with Gasteiger partial charge in [-0.15, -0.1) is 0 Å². The van der Waals surface area contributed by atoms with Gasteiger partial charge in [0.25, 0.3) is 5.91 Å². The summed E-state index contributed by atoms with van der Waals surface area (Å²) in [6, 6.07) is 10.0. The first kappa shape index (κ1) is 23.0. The van der Waals surface area contributed by atoms with Crippen molar-refractivity contribution < 1.29 is 19.8 Å². The van der Waals surface area contributed by atoms with E-state index in [2.05, 4.69) is 15.3 Å². The van der Waals surface area contributed by atoms with Crippen LogP contribution in [0.2, 0.25) is 10.3 Å². The normalized spacial score (nSPS) is 14.7. The predicted octanol–water partition coefficient (Wildman–Crippen LogP) is 3.35. The molecule has 0 unspecified atom stereocenters. The van der Waals surface area contributed by atoms with Crippen molar-refractivity contribution in [2.75, 3.05) is 6.61 Å². The minimum Gasteiger partial charge on any atom is -0.508 e. The number of phenolic OH excluding ortho intramolecular Hbond substituents is 1. The largest absolute Gasteiger partial charge is 0.508 e. The first-order valence-corrected chi connectivity index (χ1v) is 10.9. The predicted molar refractivity (Wildman–Crippen MR) is 123 cm³/mol. The number of benzene rings is 2. The van der Waals surface area contributed by atoms with Gasteiger partial charge in [-0.1, -0.05) is 35.9 Å². The van der Waals surface area contributed by atoms with E-state index in [1.807, 2.05) is 0 Å². The SMILES string of the molecule is C[C@H](C(=O)N[C@H](CO)c1cccc(O)c1)N1Cc2ccc(-c3nc(Cl)ncc3Cl)cc2C1=O. The summed E-state index contributed by atoms with van der Waals surface area (Å²) < 4.78 is 0. The molecule has 0 aliphatic carbocycles. The number of nitrogens with one attached hydrogen (secondary N) is 1. The number of halogens is 2. The van der Waals surface area contributed by atoms with Crippen LogP contribution in [0.4, 0.5) is 0 Å². The number of nitrogens with zero attached hydrogens (tertiary/aromatic N) is 3. The Morgan fingerprint density at radius 3 is 2.76 bits per heavy atom. The van der Waals surface area contributed by atoms with Gasteiger partial charge in [-0.2, -0.15) is 0 Å². The summed E-state index contributed by atoms with van der Waals surface area (Å²) >= 11 is 12.1. The molecule has 4 rings (SSSR count). The molecule has 0 spiro atoms. The van der Waals surface area contributed by atoms with Crippen molar-refractivity contribution in [3.63, 3.8) is 0 Å². The lowest BCUT2D eigenvalue weighted by Gasteiger charge is -2.26. The second-order valence-electron chi connectivity index (χ2n) is 7.66. The smallest absolute Gasteiger partial charge is 0.255 e. The lowest BCUT2D eigenvalue weighted by molar-refractivity contribution is -0.126. The quantitative estimate of drug-likeness (QED) is 0.460. The van der Waals surface area contributed by atoms with Crippen LogP contribution < -0.4 is 5.32 Å². The molecular formula is C23H20Cl2N4O4. The van der Waals surface area contributed by atoms with Gasteiger partial charge in [0.05, 0.1) is 29.6 Å². The molecule has 8 nitrogen and oxygen atoms in total. The van der Waals surface area contributed by atoms with E-state index in [0.717, 1.165) is 5.56 Å². The van der Waals surface area contributed by atoms with Crippen molar-refractivity contribution in [3.8, 4) is 17.0 Å². The van der Waals surface area contributed by atoms with E-state index in [0.29, 0.717) is 27.4 Å². The molecule has 3 aromatic rings. The standard InChI is InChI=1S/C23H20Cl2N4O4/c1-12(21(32)27-19(11-30)13-3-2-4-16(31)7-13)29-10-15-6-5-14(8-17(15)22(29)33)20-18(24)9-26-23(25)28-20/h2-9,12,19,30-31H,10-11H2,1H3,(H,27,32)/t12-,19-/m1/s1. The van der Waals surface area contributed by atoms with E-state index < -0.39 is 18.0 Å². The fraction of sp³-hybridized carbons (Fsp3) is 0.217. The molecule has 1 aliphatic rings. The number of carbonyl (C=O) groups is 2. The number of aromatic hydroxyl groups is 1. The fourth-order valence-electron chi connectivity index (χ4n) is 3.74. The van der Waals surface area contributed by atoms with Gasteiger partial charge >= 0.3 is 0 Å². The van der Waals surface area contributed by atoms with E-state index in [-0.39, 0.29) is 30.1 Å². The average Bonchev–Trinajstić information content (AvgIpc) is 3.14. The average molecular weight is 487 g/mol. The monoisotopic (exact) mass is 486 g/mol. The minimum absolute atomic E-state index is 0.0271. The topological polar surface area (TPSA) is 116 Å². The Kier molecular flexibility index (Phi) is 6.51. The van der Waals surface area contributed by atoms with Crippen LogP contribution >= 0.6 is 23.2 Å². The van der Waals surface area contributed by atoms with Gasteiger partial charge in [-0.05, 0) is 47.9 Å². The molecule has 3 N–H and O–H groups in total. The molecule has 2 aromatic carbocycles. The summed E-state index contributed by atoms with van der Waals surface area (Å²) in [5.41, 5.74) is 2.79. The summed E-state index contributed by atoms with van der Waals surface area (Å²) in [5, 5.41) is 22.5. The van der Waals surface area contributed by atoms with Crippen LogP contribution in [-0.4, -0.2) is 49.5 Å². The Morgan fingerprint density at radius 1 is 1.24 bits per heavy atom. The number of aliphatic hydroxyl groups is 1. The molecule has 0 bridgehead atoms. The van der Waals surface area contributed by atoms with Gasteiger partial charge in [-0.3, -0.25) is 9.59 Å². The maximum atomic E-state index is 13.1. The van der Waals surface area contributed by atoms with Gasteiger partial charge in [0.15, 0.2) is 0 Å². The third-order valence-corrected chi connectivity index (χ3v) is 6.01. The second kappa shape index (κ2) is 9.35. The van der Waals surface area contributed by atoms with Gasteiger partial charge in [-0.25, -0.2) is 9.97 Å². The Balaban J connectivity index is 1.53. The molecule has 1 aromatic heterocycles. The van der Waals surface area contributed by atoms with Gasteiger partial charge < -0.3 is 20.4 Å². The Hall–Kier alpha value is -3.20. The molecule has 0 saturated carbocycles. The minimum atomic E-state index is -0.795. The maximum Gasteiger partial charge on any atom is 0.255 e. The zero-order valence-electron chi connectivity index (χ0n) is 17.5.